The van der Waals surface area contributed by atoms with Crippen molar-refractivity contribution in [2.45, 2.75) is 12.5 Å². The Balaban J connectivity index is 0.000000980. The monoisotopic (exact) mass is 218 g/mol. The van der Waals surface area contributed by atoms with Crippen molar-refractivity contribution < 1.29 is 9.13 Å². The molecule has 1 aromatic heterocycles. The largest absolute Gasteiger partial charge is 0.473 e. The lowest BCUT2D eigenvalue weighted by molar-refractivity contribution is 0.213. The van der Waals surface area contributed by atoms with Crippen LogP contribution in [0.2, 0.25) is 0 Å². The van der Waals surface area contributed by atoms with Crippen LogP contribution < -0.4 is 10.1 Å². The summed E-state index contributed by atoms with van der Waals surface area (Å²) in [6, 6.07) is 2.90. The molecule has 1 fully saturated rings. The van der Waals surface area contributed by atoms with E-state index in [9.17, 15) is 4.39 Å². The smallest absolute Gasteiger partial charge is 0.213 e. The van der Waals surface area contributed by atoms with E-state index < -0.39 is 0 Å². The maximum atomic E-state index is 12.5. The van der Waals surface area contributed by atoms with E-state index in [0.717, 1.165) is 25.7 Å². The van der Waals surface area contributed by atoms with Gasteiger partial charge >= 0.3 is 0 Å². The summed E-state index contributed by atoms with van der Waals surface area (Å²) in [7, 11) is 0. The molecule has 2 rings (SSSR count). The van der Waals surface area contributed by atoms with Gasteiger partial charge in [-0.15, -0.1) is 12.4 Å². The molecule has 0 aliphatic carbocycles. The average molecular weight is 219 g/mol. The van der Waals surface area contributed by atoms with Gasteiger partial charge in [0.05, 0.1) is 6.20 Å². The molecule has 0 amide bonds. The lowest BCUT2D eigenvalue weighted by Gasteiger charge is -2.10. The second-order valence-electron chi connectivity index (χ2n) is 3.05. The van der Waals surface area contributed by atoms with Crippen LogP contribution >= 0.6 is 12.4 Å². The molecular formula is C9H12ClFN2O. The summed E-state index contributed by atoms with van der Waals surface area (Å²) in [4.78, 5) is 3.82. The van der Waals surface area contributed by atoms with Gasteiger partial charge < -0.3 is 10.1 Å². The van der Waals surface area contributed by atoms with E-state index in [4.69, 9.17) is 4.74 Å². The van der Waals surface area contributed by atoms with Crippen LogP contribution in [0.4, 0.5) is 4.39 Å². The Bertz CT molecular complexity index is 275. The maximum absolute atomic E-state index is 12.5. The minimum Gasteiger partial charge on any atom is -0.473 e. The number of pyridine rings is 1. The van der Waals surface area contributed by atoms with Crippen LogP contribution in [0.15, 0.2) is 18.3 Å². The highest BCUT2D eigenvalue weighted by atomic mass is 35.5. The molecule has 1 atom stereocenters. The summed E-state index contributed by atoms with van der Waals surface area (Å²) in [5.41, 5.74) is 0. The highest BCUT2D eigenvalue weighted by Gasteiger charge is 2.15. The lowest BCUT2D eigenvalue weighted by atomic mass is 10.3. The molecular weight excluding hydrogens is 207 g/mol. The second kappa shape index (κ2) is 5.12. The minimum absolute atomic E-state index is 0. The zero-order valence-corrected chi connectivity index (χ0v) is 8.39. The first-order valence-electron chi connectivity index (χ1n) is 4.33. The van der Waals surface area contributed by atoms with Crippen LogP contribution in [-0.2, 0) is 0 Å². The van der Waals surface area contributed by atoms with E-state index in [2.05, 4.69) is 10.3 Å². The fourth-order valence-corrected chi connectivity index (χ4v) is 1.33. The topological polar surface area (TPSA) is 34.1 Å². The summed E-state index contributed by atoms with van der Waals surface area (Å²) in [6.45, 7) is 1.82. The fourth-order valence-electron chi connectivity index (χ4n) is 1.33. The van der Waals surface area contributed by atoms with Gasteiger partial charge in [-0.25, -0.2) is 9.37 Å². The third-order valence-electron chi connectivity index (χ3n) is 2.00. The van der Waals surface area contributed by atoms with Gasteiger partial charge in [-0.1, -0.05) is 0 Å². The van der Waals surface area contributed by atoms with Crippen molar-refractivity contribution in [2.75, 3.05) is 13.1 Å². The molecule has 78 valence electrons. The van der Waals surface area contributed by atoms with E-state index >= 15 is 0 Å². The predicted molar refractivity (Wildman–Crippen MR) is 53.3 cm³/mol. The number of hydrogen-bond acceptors (Lipinski definition) is 3. The van der Waals surface area contributed by atoms with Crippen LogP contribution in [0.5, 0.6) is 5.88 Å². The SMILES string of the molecule is Cl.Fc1ccc(OC2CCNC2)nc1. The molecule has 2 heterocycles. The highest BCUT2D eigenvalue weighted by Crippen LogP contribution is 2.11. The lowest BCUT2D eigenvalue weighted by Crippen LogP contribution is -2.19. The highest BCUT2D eigenvalue weighted by molar-refractivity contribution is 5.85. The molecule has 1 unspecified atom stereocenters. The van der Waals surface area contributed by atoms with E-state index in [0.29, 0.717) is 5.88 Å². The molecule has 1 saturated heterocycles. The van der Waals surface area contributed by atoms with Crippen molar-refractivity contribution in [2.24, 2.45) is 0 Å². The van der Waals surface area contributed by atoms with Gasteiger partial charge in [-0.05, 0) is 19.0 Å². The van der Waals surface area contributed by atoms with Crippen molar-refractivity contribution in [3.05, 3.63) is 24.1 Å². The Kier molecular flexibility index (Phi) is 4.10. The molecule has 0 radical (unpaired) electrons. The maximum Gasteiger partial charge on any atom is 0.213 e. The molecule has 0 spiro atoms. The Hall–Kier alpha value is -0.870. The minimum atomic E-state index is -0.336. The second-order valence-corrected chi connectivity index (χ2v) is 3.05. The average Bonchev–Trinajstić information content (AvgIpc) is 2.62. The molecule has 0 bridgehead atoms. The van der Waals surface area contributed by atoms with Gasteiger partial charge in [0.1, 0.15) is 11.9 Å². The Morgan fingerprint density at radius 3 is 2.93 bits per heavy atom. The number of halogens is 2. The quantitative estimate of drug-likeness (QED) is 0.815. The summed E-state index contributed by atoms with van der Waals surface area (Å²) < 4.78 is 18.0. The Morgan fingerprint density at radius 1 is 1.50 bits per heavy atom. The molecule has 1 aliphatic heterocycles. The number of hydrogen-bond donors (Lipinski definition) is 1. The molecule has 5 heteroatoms. The van der Waals surface area contributed by atoms with Crippen LogP contribution in [0.25, 0.3) is 0 Å². The van der Waals surface area contributed by atoms with Gasteiger partial charge in [0.2, 0.25) is 5.88 Å². The fraction of sp³-hybridized carbons (Fsp3) is 0.444. The van der Waals surface area contributed by atoms with Crippen LogP contribution in [0.3, 0.4) is 0 Å². The zero-order valence-electron chi connectivity index (χ0n) is 7.57. The number of rotatable bonds is 2. The van der Waals surface area contributed by atoms with E-state index in [1.54, 1.807) is 6.07 Å². The summed E-state index contributed by atoms with van der Waals surface area (Å²) in [5.74, 6) is 0.159. The molecule has 3 nitrogen and oxygen atoms in total. The summed E-state index contributed by atoms with van der Waals surface area (Å²) in [5, 5.41) is 3.18. The predicted octanol–water partition coefficient (Wildman–Crippen LogP) is 1.38. The third-order valence-corrected chi connectivity index (χ3v) is 2.00. The number of ether oxygens (including phenoxy) is 1. The molecule has 1 aromatic rings. The normalized spacial score (nSPS) is 20.2. The van der Waals surface area contributed by atoms with E-state index in [-0.39, 0.29) is 24.3 Å². The summed E-state index contributed by atoms with van der Waals surface area (Å²) in [6.07, 6.45) is 2.33. The first-order chi connectivity index (χ1) is 6.34. The van der Waals surface area contributed by atoms with Crippen LogP contribution in [0.1, 0.15) is 6.42 Å². The van der Waals surface area contributed by atoms with Crippen LogP contribution in [-0.4, -0.2) is 24.2 Å². The molecule has 0 aromatic carbocycles. The van der Waals surface area contributed by atoms with Gasteiger partial charge in [0.25, 0.3) is 0 Å². The van der Waals surface area contributed by atoms with Crippen molar-refractivity contribution in [3.8, 4) is 5.88 Å². The van der Waals surface area contributed by atoms with E-state index in [1.807, 2.05) is 0 Å². The van der Waals surface area contributed by atoms with Gasteiger partial charge in [0.15, 0.2) is 0 Å². The first kappa shape index (κ1) is 11.2. The number of aromatic nitrogens is 1. The summed E-state index contributed by atoms with van der Waals surface area (Å²) >= 11 is 0. The zero-order chi connectivity index (χ0) is 9.10. The standard InChI is InChI=1S/C9H11FN2O.ClH/c10-7-1-2-9(12-5-7)13-8-3-4-11-6-8;/h1-2,5,8,11H,3-4,6H2;1H. The molecule has 14 heavy (non-hydrogen) atoms. The van der Waals surface area contributed by atoms with Crippen molar-refractivity contribution in [1.82, 2.24) is 10.3 Å². The van der Waals surface area contributed by atoms with E-state index in [1.165, 1.54) is 6.07 Å². The Labute approximate surface area is 88.1 Å². The number of nitrogens with one attached hydrogen (secondary N) is 1. The van der Waals surface area contributed by atoms with Gasteiger partial charge in [-0.2, -0.15) is 0 Å². The molecule has 1 aliphatic rings. The van der Waals surface area contributed by atoms with Gasteiger partial charge in [-0.3, -0.25) is 0 Å². The molecule has 0 saturated carbocycles. The third kappa shape index (κ3) is 2.82. The number of nitrogens with zero attached hydrogens (tertiary/aromatic N) is 1. The van der Waals surface area contributed by atoms with Crippen molar-refractivity contribution in [1.29, 1.82) is 0 Å². The first-order valence-corrected chi connectivity index (χ1v) is 4.33. The van der Waals surface area contributed by atoms with Crippen molar-refractivity contribution >= 4 is 12.4 Å². The van der Waals surface area contributed by atoms with Crippen molar-refractivity contribution in [3.63, 3.8) is 0 Å². The molecule has 1 N–H and O–H groups in total. The Morgan fingerprint density at radius 2 is 2.36 bits per heavy atom. The van der Waals surface area contributed by atoms with Gasteiger partial charge in [0, 0.05) is 12.6 Å². The van der Waals surface area contributed by atoms with Crippen LogP contribution in [0, 0.1) is 5.82 Å².